The number of methoxy groups -OCH3 is 1. The van der Waals surface area contributed by atoms with Crippen molar-refractivity contribution in [2.45, 2.75) is 45.2 Å². The van der Waals surface area contributed by atoms with Gasteiger partial charge >= 0.3 is 5.97 Å². The van der Waals surface area contributed by atoms with Gasteiger partial charge in [0.25, 0.3) is 0 Å². The van der Waals surface area contributed by atoms with Crippen molar-refractivity contribution in [3.05, 3.63) is 24.3 Å². The second-order valence-electron chi connectivity index (χ2n) is 8.36. The third kappa shape index (κ3) is 4.81. The summed E-state index contributed by atoms with van der Waals surface area (Å²) in [5, 5.41) is 12.2. The zero-order valence-corrected chi connectivity index (χ0v) is 18.0. The van der Waals surface area contributed by atoms with Gasteiger partial charge in [-0.1, -0.05) is 13.8 Å². The number of nitrogens with zero attached hydrogens (tertiary/aromatic N) is 2. The Labute approximate surface area is 181 Å². The van der Waals surface area contributed by atoms with Crippen LogP contribution >= 0.6 is 0 Å². The number of carboxylic acid groups (broad SMARTS) is 1. The highest BCUT2D eigenvalue weighted by molar-refractivity contribution is 6.01. The minimum atomic E-state index is -1.03. The van der Waals surface area contributed by atoms with Gasteiger partial charge in [-0.3, -0.25) is 14.4 Å². The average molecular weight is 431 g/mol. The van der Waals surface area contributed by atoms with Crippen LogP contribution in [0.2, 0.25) is 0 Å². The predicted octanol–water partition coefficient (Wildman–Crippen LogP) is 1.26. The molecule has 3 unspecified atom stereocenters. The molecular formula is C22H29N3O6. The van der Waals surface area contributed by atoms with E-state index in [9.17, 15) is 24.3 Å². The molecule has 31 heavy (non-hydrogen) atoms. The quantitative estimate of drug-likeness (QED) is 0.672. The number of carbonyl (C=O) groups is 4. The van der Waals surface area contributed by atoms with E-state index in [-0.39, 0.29) is 36.6 Å². The minimum absolute atomic E-state index is 0.0539. The summed E-state index contributed by atoms with van der Waals surface area (Å²) in [6.07, 6.45) is 1.08. The molecule has 3 rings (SSSR count). The van der Waals surface area contributed by atoms with Gasteiger partial charge < -0.3 is 25.0 Å². The Hall–Kier alpha value is -3.10. The van der Waals surface area contributed by atoms with Gasteiger partial charge in [0, 0.05) is 25.2 Å². The molecule has 1 aromatic carbocycles. The van der Waals surface area contributed by atoms with Gasteiger partial charge in [0.1, 0.15) is 17.8 Å². The SMILES string of the molecule is COc1ccc(N2CC(C(=O)NC(C(=O)N3CCCC3C(=O)O)C(C)C)CC2=O)cc1. The molecule has 2 N–H and O–H groups in total. The first-order chi connectivity index (χ1) is 14.7. The van der Waals surface area contributed by atoms with Crippen molar-refractivity contribution in [3.63, 3.8) is 0 Å². The highest BCUT2D eigenvalue weighted by Gasteiger charge is 2.41. The first kappa shape index (κ1) is 22.6. The van der Waals surface area contributed by atoms with Gasteiger partial charge in [-0.2, -0.15) is 0 Å². The van der Waals surface area contributed by atoms with E-state index >= 15 is 0 Å². The number of rotatable bonds is 7. The Bertz CT molecular complexity index is 853. The van der Waals surface area contributed by atoms with E-state index in [4.69, 9.17) is 4.74 Å². The van der Waals surface area contributed by atoms with Gasteiger partial charge in [-0.05, 0) is 43.0 Å². The zero-order chi connectivity index (χ0) is 22.7. The molecule has 0 aliphatic carbocycles. The van der Waals surface area contributed by atoms with Crippen LogP contribution in [0.3, 0.4) is 0 Å². The zero-order valence-electron chi connectivity index (χ0n) is 18.0. The number of benzene rings is 1. The van der Waals surface area contributed by atoms with Crippen LogP contribution < -0.4 is 15.0 Å². The summed E-state index contributed by atoms with van der Waals surface area (Å²) in [6, 6.07) is 5.33. The van der Waals surface area contributed by atoms with Crippen molar-refractivity contribution in [2.24, 2.45) is 11.8 Å². The predicted molar refractivity (Wildman–Crippen MR) is 113 cm³/mol. The molecule has 1 aromatic rings. The normalized spacial score (nSPS) is 22.0. The van der Waals surface area contributed by atoms with Crippen molar-refractivity contribution in [2.75, 3.05) is 25.1 Å². The van der Waals surface area contributed by atoms with Gasteiger partial charge in [0.05, 0.1) is 13.0 Å². The summed E-state index contributed by atoms with van der Waals surface area (Å²) < 4.78 is 5.13. The molecule has 2 fully saturated rings. The minimum Gasteiger partial charge on any atom is -0.497 e. The number of hydrogen-bond donors (Lipinski definition) is 2. The standard InChI is InChI=1S/C22H29N3O6/c1-13(2)19(21(28)24-10-4-5-17(24)22(29)30)23-20(27)14-11-18(26)25(12-14)15-6-8-16(31-3)9-7-15/h6-9,13-14,17,19H,4-5,10-12H2,1-3H3,(H,23,27)(H,29,30). The van der Waals surface area contributed by atoms with Crippen LogP contribution in [0.25, 0.3) is 0 Å². The van der Waals surface area contributed by atoms with Gasteiger partial charge in [-0.25, -0.2) is 4.79 Å². The third-order valence-electron chi connectivity index (χ3n) is 5.93. The molecule has 3 atom stereocenters. The second kappa shape index (κ2) is 9.36. The molecule has 0 saturated carbocycles. The summed E-state index contributed by atoms with van der Waals surface area (Å²) in [6.45, 7) is 4.19. The molecule has 2 heterocycles. The number of aliphatic carboxylic acids is 1. The van der Waals surface area contributed by atoms with Crippen molar-refractivity contribution in [1.29, 1.82) is 0 Å². The monoisotopic (exact) mass is 431 g/mol. The Morgan fingerprint density at radius 2 is 1.87 bits per heavy atom. The summed E-state index contributed by atoms with van der Waals surface area (Å²) in [7, 11) is 1.56. The Morgan fingerprint density at radius 1 is 1.19 bits per heavy atom. The molecule has 9 nitrogen and oxygen atoms in total. The maximum atomic E-state index is 13.0. The fraction of sp³-hybridized carbons (Fsp3) is 0.545. The lowest BCUT2D eigenvalue weighted by Crippen LogP contribution is -2.54. The number of likely N-dealkylation sites (tertiary alicyclic amines) is 1. The van der Waals surface area contributed by atoms with E-state index in [1.807, 2.05) is 0 Å². The van der Waals surface area contributed by atoms with E-state index in [0.29, 0.717) is 30.8 Å². The summed E-state index contributed by atoms with van der Waals surface area (Å²) in [4.78, 5) is 52.8. The molecule has 168 valence electrons. The van der Waals surface area contributed by atoms with Crippen LogP contribution in [0, 0.1) is 11.8 Å². The third-order valence-corrected chi connectivity index (χ3v) is 5.93. The molecule has 0 aromatic heterocycles. The van der Waals surface area contributed by atoms with E-state index in [0.717, 1.165) is 0 Å². The van der Waals surface area contributed by atoms with Crippen molar-refractivity contribution >= 4 is 29.4 Å². The lowest BCUT2D eigenvalue weighted by Gasteiger charge is -2.30. The van der Waals surface area contributed by atoms with Crippen LogP contribution in [0.1, 0.15) is 33.1 Å². The first-order valence-corrected chi connectivity index (χ1v) is 10.5. The van der Waals surface area contributed by atoms with Crippen LogP contribution in [0.4, 0.5) is 5.69 Å². The highest BCUT2D eigenvalue weighted by Crippen LogP contribution is 2.27. The Kier molecular flexibility index (Phi) is 6.82. The molecule has 9 heteroatoms. The van der Waals surface area contributed by atoms with Crippen LogP contribution in [0.5, 0.6) is 5.75 Å². The number of amides is 3. The van der Waals surface area contributed by atoms with Gasteiger partial charge in [0.15, 0.2) is 0 Å². The number of carbonyl (C=O) groups excluding carboxylic acids is 3. The lowest BCUT2D eigenvalue weighted by atomic mass is 10.00. The Balaban J connectivity index is 1.67. The second-order valence-corrected chi connectivity index (χ2v) is 8.36. The maximum Gasteiger partial charge on any atom is 0.326 e. The molecule has 2 aliphatic heterocycles. The average Bonchev–Trinajstić information content (AvgIpc) is 3.38. The van der Waals surface area contributed by atoms with E-state index < -0.39 is 24.0 Å². The van der Waals surface area contributed by atoms with Crippen LogP contribution in [0.15, 0.2) is 24.3 Å². The van der Waals surface area contributed by atoms with Gasteiger partial charge in [0.2, 0.25) is 17.7 Å². The van der Waals surface area contributed by atoms with Gasteiger partial charge in [-0.15, -0.1) is 0 Å². The molecule has 2 aliphatic rings. The summed E-state index contributed by atoms with van der Waals surface area (Å²) in [5.41, 5.74) is 0.680. The van der Waals surface area contributed by atoms with Crippen molar-refractivity contribution in [3.8, 4) is 5.75 Å². The topological polar surface area (TPSA) is 116 Å². The fourth-order valence-electron chi connectivity index (χ4n) is 4.15. The maximum absolute atomic E-state index is 13.0. The lowest BCUT2D eigenvalue weighted by molar-refractivity contribution is -0.150. The van der Waals surface area contributed by atoms with Crippen molar-refractivity contribution < 1.29 is 29.0 Å². The number of carboxylic acids is 1. The molecule has 3 amide bonds. The molecular weight excluding hydrogens is 402 g/mol. The molecule has 0 spiro atoms. The highest BCUT2D eigenvalue weighted by atomic mass is 16.5. The molecule has 2 saturated heterocycles. The van der Waals surface area contributed by atoms with Crippen LogP contribution in [-0.2, 0) is 19.2 Å². The fourth-order valence-corrected chi connectivity index (χ4v) is 4.15. The molecule has 0 radical (unpaired) electrons. The van der Waals surface area contributed by atoms with E-state index in [1.54, 1.807) is 50.1 Å². The van der Waals surface area contributed by atoms with E-state index in [1.165, 1.54) is 4.90 Å². The molecule has 0 bridgehead atoms. The van der Waals surface area contributed by atoms with Crippen molar-refractivity contribution in [1.82, 2.24) is 10.2 Å². The number of hydrogen-bond acceptors (Lipinski definition) is 5. The summed E-state index contributed by atoms with van der Waals surface area (Å²) in [5.74, 6) is -2.09. The van der Waals surface area contributed by atoms with Crippen LogP contribution in [-0.4, -0.2) is 66.0 Å². The van der Waals surface area contributed by atoms with E-state index in [2.05, 4.69) is 5.32 Å². The number of ether oxygens (including phenoxy) is 1. The smallest absolute Gasteiger partial charge is 0.326 e. The Morgan fingerprint density at radius 3 is 2.45 bits per heavy atom. The number of anilines is 1. The number of nitrogens with one attached hydrogen (secondary N) is 1. The summed E-state index contributed by atoms with van der Waals surface area (Å²) >= 11 is 0. The first-order valence-electron chi connectivity index (χ1n) is 10.5. The largest absolute Gasteiger partial charge is 0.497 e.